The van der Waals surface area contributed by atoms with Gasteiger partial charge in [0.2, 0.25) is 0 Å². The van der Waals surface area contributed by atoms with Gasteiger partial charge < -0.3 is 14.5 Å². The third-order valence-corrected chi connectivity index (χ3v) is 4.31. The molecule has 0 unspecified atom stereocenters. The molecule has 96 valence electrons. The summed E-state index contributed by atoms with van der Waals surface area (Å²) in [5, 5.41) is 0. The summed E-state index contributed by atoms with van der Waals surface area (Å²) in [5.74, 6) is 0. The van der Waals surface area contributed by atoms with Crippen LogP contribution in [0.25, 0.3) is 11.0 Å². The molecule has 0 radical (unpaired) electrons. The van der Waals surface area contributed by atoms with Crippen molar-refractivity contribution in [3.05, 3.63) is 28.5 Å². The average molecular weight is 261 g/mol. The lowest BCUT2D eigenvalue weighted by molar-refractivity contribution is 0.223. The lowest BCUT2D eigenvalue weighted by Crippen LogP contribution is -2.31. The maximum atomic E-state index is 5.52. The Morgan fingerprint density at radius 2 is 2.00 bits per heavy atom. The van der Waals surface area contributed by atoms with Crippen molar-refractivity contribution < 1.29 is 0 Å². The van der Waals surface area contributed by atoms with Gasteiger partial charge in [0.25, 0.3) is 0 Å². The maximum Gasteiger partial charge on any atom is 0.178 e. The molecule has 3 nitrogen and oxygen atoms in total. The van der Waals surface area contributed by atoms with Crippen molar-refractivity contribution in [1.29, 1.82) is 0 Å². The Hall–Kier alpha value is -1.13. The number of hydrogen-bond donors (Lipinski definition) is 1. The summed E-state index contributed by atoms with van der Waals surface area (Å²) in [5.41, 5.74) is 3.72. The Morgan fingerprint density at radius 3 is 2.72 bits per heavy atom. The molecule has 0 bridgehead atoms. The van der Waals surface area contributed by atoms with Gasteiger partial charge in [0.1, 0.15) is 0 Å². The van der Waals surface area contributed by atoms with E-state index in [0.29, 0.717) is 6.04 Å². The van der Waals surface area contributed by atoms with Crippen molar-refractivity contribution in [2.75, 3.05) is 20.1 Å². The third-order valence-electron chi connectivity index (χ3n) is 4.01. The zero-order chi connectivity index (χ0) is 12.7. The van der Waals surface area contributed by atoms with Crippen LogP contribution in [-0.2, 0) is 0 Å². The molecule has 0 saturated carbocycles. The van der Waals surface area contributed by atoms with Crippen molar-refractivity contribution >= 4 is 23.3 Å². The number of piperidine rings is 1. The molecule has 1 N–H and O–H groups in total. The fourth-order valence-electron chi connectivity index (χ4n) is 2.91. The monoisotopic (exact) mass is 261 g/mol. The molecule has 0 atom stereocenters. The lowest BCUT2D eigenvalue weighted by atomic mass is 10.1. The predicted molar refractivity (Wildman–Crippen MR) is 77.6 cm³/mol. The van der Waals surface area contributed by atoms with Gasteiger partial charge in [0, 0.05) is 6.04 Å². The molecule has 1 aromatic heterocycles. The number of aromatic nitrogens is 2. The highest BCUT2D eigenvalue weighted by molar-refractivity contribution is 7.71. The number of fused-ring (bicyclic) bond motifs is 1. The van der Waals surface area contributed by atoms with E-state index in [9.17, 15) is 0 Å². The molecule has 0 spiro atoms. The van der Waals surface area contributed by atoms with Crippen molar-refractivity contribution in [1.82, 2.24) is 14.5 Å². The van der Waals surface area contributed by atoms with Crippen molar-refractivity contribution in [2.24, 2.45) is 0 Å². The minimum atomic E-state index is 0.546. The minimum absolute atomic E-state index is 0.546. The van der Waals surface area contributed by atoms with Crippen LogP contribution in [-0.4, -0.2) is 34.6 Å². The van der Waals surface area contributed by atoms with E-state index in [1.165, 1.54) is 29.4 Å². The summed E-state index contributed by atoms with van der Waals surface area (Å²) in [7, 11) is 2.19. The highest BCUT2D eigenvalue weighted by Crippen LogP contribution is 2.28. The number of imidazole rings is 1. The number of rotatable bonds is 1. The molecule has 1 aliphatic rings. The summed E-state index contributed by atoms with van der Waals surface area (Å²) in [6, 6.07) is 6.97. The molecule has 18 heavy (non-hydrogen) atoms. The molecule has 0 amide bonds. The van der Waals surface area contributed by atoms with Crippen LogP contribution < -0.4 is 0 Å². The van der Waals surface area contributed by atoms with Crippen LogP contribution in [0.1, 0.15) is 24.4 Å². The summed E-state index contributed by atoms with van der Waals surface area (Å²) < 4.78 is 3.19. The van der Waals surface area contributed by atoms with E-state index < -0.39 is 0 Å². The molecule has 1 aliphatic heterocycles. The quantitative estimate of drug-likeness (QED) is 0.797. The van der Waals surface area contributed by atoms with Crippen LogP contribution >= 0.6 is 12.2 Å². The van der Waals surface area contributed by atoms with Crippen LogP contribution in [0.15, 0.2) is 18.2 Å². The zero-order valence-corrected chi connectivity index (χ0v) is 11.8. The number of aromatic amines is 1. The molecule has 1 saturated heterocycles. The number of aryl methyl sites for hydroxylation is 1. The van der Waals surface area contributed by atoms with Crippen LogP contribution in [0.3, 0.4) is 0 Å². The summed E-state index contributed by atoms with van der Waals surface area (Å²) in [6.45, 7) is 4.45. The van der Waals surface area contributed by atoms with Gasteiger partial charge in [-0.05, 0) is 63.8 Å². The van der Waals surface area contributed by atoms with Gasteiger partial charge in [-0.3, -0.25) is 0 Å². The number of nitrogens with zero attached hydrogens (tertiary/aromatic N) is 2. The first-order valence-electron chi connectivity index (χ1n) is 6.55. The maximum absolute atomic E-state index is 5.52. The van der Waals surface area contributed by atoms with Crippen molar-refractivity contribution in [2.45, 2.75) is 25.8 Å². The van der Waals surface area contributed by atoms with Crippen LogP contribution in [0.4, 0.5) is 0 Å². The van der Waals surface area contributed by atoms with Gasteiger partial charge >= 0.3 is 0 Å². The molecule has 3 rings (SSSR count). The second-order valence-corrected chi connectivity index (χ2v) is 5.69. The molecular formula is C14H19N3S. The van der Waals surface area contributed by atoms with E-state index >= 15 is 0 Å². The van der Waals surface area contributed by atoms with Crippen LogP contribution in [0.5, 0.6) is 0 Å². The van der Waals surface area contributed by atoms with E-state index in [4.69, 9.17) is 12.2 Å². The lowest BCUT2D eigenvalue weighted by Gasteiger charge is -2.30. The number of benzene rings is 1. The largest absolute Gasteiger partial charge is 0.330 e. The van der Waals surface area contributed by atoms with Gasteiger partial charge in [0.15, 0.2) is 4.77 Å². The van der Waals surface area contributed by atoms with Gasteiger partial charge in [-0.25, -0.2) is 0 Å². The predicted octanol–water partition coefficient (Wildman–Crippen LogP) is 3.27. The van der Waals surface area contributed by atoms with E-state index in [1.54, 1.807) is 0 Å². The number of para-hydroxylation sites is 1. The number of likely N-dealkylation sites (tertiary alicyclic amines) is 1. The standard InChI is InChI=1S/C14H19N3S/c1-10-4-3-5-12-13(10)15-14(18)17(12)11-6-8-16(2)9-7-11/h3-5,11H,6-9H2,1-2H3,(H,15,18). The normalized spacial score (nSPS) is 18.6. The Bertz CT molecular complexity index is 617. The van der Waals surface area contributed by atoms with E-state index in [1.807, 2.05) is 0 Å². The second-order valence-electron chi connectivity index (χ2n) is 5.30. The van der Waals surface area contributed by atoms with Gasteiger partial charge in [-0.1, -0.05) is 12.1 Å². The Labute approximate surface area is 112 Å². The van der Waals surface area contributed by atoms with Crippen LogP contribution in [0, 0.1) is 11.7 Å². The van der Waals surface area contributed by atoms with E-state index in [-0.39, 0.29) is 0 Å². The number of H-pyrrole nitrogens is 1. The van der Waals surface area contributed by atoms with Gasteiger partial charge in [-0.2, -0.15) is 0 Å². The summed E-state index contributed by atoms with van der Waals surface area (Å²) >= 11 is 5.52. The molecule has 2 aromatic rings. The van der Waals surface area contributed by atoms with Gasteiger partial charge in [-0.15, -0.1) is 0 Å². The molecular weight excluding hydrogens is 242 g/mol. The Kier molecular flexibility index (Phi) is 2.99. The zero-order valence-electron chi connectivity index (χ0n) is 10.9. The molecule has 2 heterocycles. The SMILES string of the molecule is Cc1cccc2c1[nH]c(=S)n2C1CCN(C)CC1. The number of hydrogen-bond acceptors (Lipinski definition) is 2. The van der Waals surface area contributed by atoms with E-state index in [0.717, 1.165) is 17.9 Å². The number of nitrogens with one attached hydrogen (secondary N) is 1. The highest BCUT2D eigenvalue weighted by atomic mass is 32.1. The van der Waals surface area contributed by atoms with E-state index in [2.05, 4.69) is 46.6 Å². The first-order chi connectivity index (χ1) is 8.66. The smallest absolute Gasteiger partial charge is 0.178 e. The summed E-state index contributed by atoms with van der Waals surface area (Å²) in [6.07, 6.45) is 2.37. The third kappa shape index (κ3) is 1.89. The Balaban J connectivity index is 2.09. The molecule has 1 aromatic carbocycles. The topological polar surface area (TPSA) is 24.0 Å². The molecule has 1 fully saturated rings. The van der Waals surface area contributed by atoms with Crippen molar-refractivity contribution in [3.8, 4) is 0 Å². The Morgan fingerprint density at radius 1 is 1.28 bits per heavy atom. The molecule has 0 aliphatic carbocycles. The van der Waals surface area contributed by atoms with Gasteiger partial charge in [0.05, 0.1) is 11.0 Å². The molecule has 4 heteroatoms. The fraction of sp³-hybridized carbons (Fsp3) is 0.500. The average Bonchev–Trinajstić information content (AvgIpc) is 2.69. The van der Waals surface area contributed by atoms with Crippen LogP contribution in [0.2, 0.25) is 0 Å². The minimum Gasteiger partial charge on any atom is -0.330 e. The first kappa shape index (κ1) is 11.9. The van der Waals surface area contributed by atoms with Crippen molar-refractivity contribution in [3.63, 3.8) is 0 Å². The fourth-order valence-corrected chi connectivity index (χ4v) is 3.26. The summed E-state index contributed by atoms with van der Waals surface area (Å²) in [4.78, 5) is 5.76. The highest BCUT2D eigenvalue weighted by Gasteiger charge is 2.20. The first-order valence-corrected chi connectivity index (χ1v) is 6.96. The second kappa shape index (κ2) is 4.52.